The van der Waals surface area contributed by atoms with Gasteiger partial charge in [-0.2, -0.15) is 0 Å². The van der Waals surface area contributed by atoms with Crippen LogP contribution in [0, 0.1) is 0 Å². The molecular formula is C16H23NO3S. The molecule has 0 amide bonds. The molecule has 2 rings (SSSR count). The average molecular weight is 309 g/mol. The molecule has 0 aromatic heterocycles. The molecule has 2 N–H and O–H groups in total. The van der Waals surface area contributed by atoms with E-state index in [1.807, 2.05) is 45.0 Å². The van der Waals surface area contributed by atoms with Crippen molar-refractivity contribution in [2.75, 3.05) is 0 Å². The van der Waals surface area contributed by atoms with Gasteiger partial charge >= 0.3 is 5.97 Å². The Balaban J connectivity index is 2.42. The number of nitrogens with one attached hydrogen (secondary N) is 1. The van der Waals surface area contributed by atoms with Crippen LogP contribution in [0.25, 0.3) is 0 Å². The highest BCUT2D eigenvalue weighted by atomic mass is 32.2. The van der Waals surface area contributed by atoms with Crippen molar-refractivity contribution in [2.45, 2.75) is 56.7 Å². The molecular weight excluding hydrogens is 286 g/mol. The van der Waals surface area contributed by atoms with Crippen LogP contribution in [-0.2, 0) is 28.1 Å². The standard InChI is InChI=1S/C16H23NO3S/c1-15(2,3)21(20)17-16(11-14(18)19)10-6-8-12-7-4-5-9-13(12)16/h4-5,7,9,17H,6,8,10-11H2,1-3H3,(H,18,19)/t16-,21?/m1/s1. The van der Waals surface area contributed by atoms with Crippen molar-refractivity contribution < 1.29 is 14.5 Å². The van der Waals surface area contributed by atoms with Crippen LogP contribution >= 0.6 is 0 Å². The van der Waals surface area contributed by atoms with Crippen molar-refractivity contribution >= 4 is 17.3 Å². The molecule has 1 aromatic rings. The molecule has 21 heavy (non-hydrogen) atoms. The molecule has 0 fully saturated rings. The van der Waals surface area contributed by atoms with Crippen LogP contribution in [0.2, 0.25) is 0 Å². The number of carbonyl (C=O) groups is 1. The van der Waals surface area contributed by atoms with E-state index in [4.69, 9.17) is 0 Å². The first-order valence-corrected chi connectivity index (χ1v) is 8.39. The number of hydrogen-bond acceptors (Lipinski definition) is 3. The van der Waals surface area contributed by atoms with E-state index >= 15 is 0 Å². The molecule has 0 aliphatic heterocycles. The Morgan fingerprint density at radius 2 is 2.10 bits per heavy atom. The number of aliphatic carboxylic acids is 1. The summed E-state index contributed by atoms with van der Waals surface area (Å²) < 4.78 is 15.3. The Hall–Kier alpha value is -1.04. The number of hydrogen-bond donors (Lipinski definition) is 2. The highest BCUT2D eigenvalue weighted by Gasteiger charge is 2.44. The van der Waals surface area contributed by atoms with E-state index in [0.717, 1.165) is 24.0 Å². The Morgan fingerprint density at radius 3 is 2.71 bits per heavy atom. The van der Waals surface area contributed by atoms with Crippen LogP contribution in [0.15, 0.2) is 24.3 Å². The van der Waals surface area contributed by atoms with E-state index in [-0.39, 0.29) is 6.42 Å². The summed E-state index contributed by atoms with van der Waals surface area (Å²) in [5.41, 5.74) is 1.40. The molecule has 1 unspecified atom stereocenters. The van der Waals surface area contributed by atoms with Crippen molar-refractivity contribution in [2.24, 2.45) is 0 Å². The number of aryl methyl sites for hydroxylation is 1. The lowest BCUT2D eigenvalue weighted by Gasteiger charge is -2.40. The molecule has 2 atom stereocenters. The zero-order valence-electron chi connectivity index (χ0n) is 12.8. The molecule has 1 aliphatic carbocycles. The van der Waals surface area contributed by atoms with Crippen LogP contribution in [0.1, 0.15) is 51.2 Å². The fourth-order valence-electron chi connectivity index (χ4n) is 2.83. The minimum Gasteiger partial charge on any atom is -0.598 e. The van der Waals surface area contributed by atoms with E-state index in [2.05, 4.69) is 4.72 Å². The van der Waals surface area contributed by atoms with E-state index in [0.29, 0.717) is 6.42 Å². The Bertz CT molecular complexity index is 526. The molecule has 0 bridgehead atoms. The highest BCUT2D eigenvalue weighted by Crippen LogP contribution is 2.39. The number of carboxylic acids is 1. The maximum atomic E-state index is 12.5. The number of benzene rings is 1. The van der Waals surface area contributed by atoms with Crippen LogP contribution in [0.5, 0.6) is 0 Å². The van der Waals surface area contributed by atoms with Gasteiger partial charge < -0.3 is 9.66 Å². The van der Waals surface area contributed by atoms with Gasteiger partial charge in [-0.3, -0.25) is 4.79 Å². The average Bonchev–Trinajstić information content (AvgIpc) is 2.37. The largest absolute Gasteiger partial charge is 0.598 e. The summed E-state index contributed by atoms with van der Waals surface area (Å²) in [5, 5.41) is 9.33. The first-order chi connectivity index (χ1) is 9.74. The predicted octanol–water partition coefficient (Wildman–Crippen LogP) is 2.74. The van der Waals surface area contributed by atoms with Gasteiger partial charge in [-0.05, 0) is 51.2 Å². The summed E-state index contributed by atoms with van der Waals surface area (Å²) in [6.45, 7) is 5.66. The van der Waals surface area contributed by atoms with Crippen LogP contribution < -0.4 is 4.72 Å². The Labute approximate surface area is 129 Å². The normalized spacial score (nSPS) is 23.4. The summed E-state index contributed by atoms with van der Waals surface area (Å²) in [6, 6.07) is 7.88. The first kappa shape index (κ1) is 16.3. The SMILES string of the molecule is CC(C)(C)[S+]([O-])N[C@@]1(CC(=O)O)CCCc2ccccc21. The van der Waals surface area contributed by atoms with Gasteiger partial charge in [0.05, 0.1) is 12.0 Å². The summed E-state index contributed by atoms with van der Waals surface area (Å²) in [4.78, 5) is 11.4. The molecule has 4 nitrogen and oxygen atoms in total. The highest BCUT2D eigenvalue weighted by molar-refractivity contribution is 7.90. The molecule has 0 spiro atoms. The monoisotopic (exact) mass is 309 g/mol. The lowest BCUT2D eigenvalue weighted by atomic mass is 9.75. The van der Waals surface area contributed by atoms with Crippen molar-refractivity contribution in [1.29, 1.82) is 0 Å². The molecule has 0 saturated heterocycles. The fraction of sp³-hybridized carbons (Fsp3) is 0.562. The lowest BCUT2D eigenvalue weighted by molar-refractivity contribution is -0.138. The molecule has 0 radical (unpaired) electrons. The topological polar surface area (TPSA) is 72.4 Å². The van der Waals surface area contributed by atoms with Crippen molar-refractivity contribution in [3.8, 4) is 0 Å². The summed E-state index contributed by atoms with van der Waals surface area (Å²) in [7, 11) is 0. The fourth-order valence-corrected chi connectivity index (χ4v) is 3.78. The van der Waals surface area contributed by atoms with Gasteiger partial charge in [0.2, 0.25) is 0 Å². The van der Waals surface area contributed by atoms with Gasteiger partial charge in [-0.1, -0.05) is 24.3 Å². The summed E-state index contributed by atoms with van der Waals surface area (Å²) in [5.74, 6) is -0.870. The minimum absolute atomic E-state index is 0.0498. The quantitative estimate of drug-likeness (QED) is 0.839. The maximum Gasteiger partial charge on any atom is 0.305 e. The van der Waals surface area contributed by atoms with Gasteiger partial charge in [0.15, 0.2) is 0 Å². The smallest absolute Gasteiger partial charge is 0.305 e. The Morgan fingerprint density at radius 1 is 1.43 bits per heavy atom. The van der Waals surface area contributed by atoms with E-state index < -0.39 is 27.6 Å². The van der Waals surface area contributed by atoms with Gasteiger partial charge in [-0.25, -0.2) is 0 Å². The second-order valence-electron chi connectivity index (χ2n) is 6.65. The molecule has 0 heterocycles. The van der Waals surface area contributed by atoms with E-state index in [9.17, 15) is 14.5 Å². The number of carboxylic acid groups (broad SMARTS) is 1. The van der Waals surface area contributed by atoms with Crippen LogP contribution in [0.4, 0.5) is 0 Å². The molecule has 0 saturated carbocycles. The molecule has 5 heteroatoms. The van der Waals surface area contributed by atoms with E-state index in [1.165, 1.54) is 0 Å². The molecule has 116 valence electrons. The molecule has 1 aromatic carbocycles. The third-order valence-electron chi connectivity index (χ3n) is 3.88. The molecule has 1 aliphatic rings. The summed E-state index contributed by atoms with van der Waals surface area (Å²) in [6.07, 6.45) is 2.49. The summed E-state index contributed by atoms with van der Waals surface area (Å²) >= 11 is -1.31. The van der Waals surface area contributed by atoms with Crippen LogP contribution in [0.3, 0.4) is 0 Å². The van der Waals surface area contributed by atoms with Crippen molar-refractivity contribution in [3.63, 3.8) is 0 Å². The van der Waals surface area contributed by atoms with Gasteiger partial charge in [0.1, 0.15) is 4.75 Å². The zero-order chi connectivity index (χ0) is 15.7. The third kappa shape index (κ3) is 3.59. The Kier molecular flexibility index (Phi) is 4.66. The van der Waals surface area contributed by atoms with Gasteiger partial charge in [0, 0.05) is 11.4 Å². The lowest BCUT2D eigenvalue weighted by Crippen LogP contribution is -2.53. The van der Waals surface area contributed by atoms with E-state index in [1.54, 1.807) is 0 Å². The third-order valence-corrected chi connectivity index (χ3v) is 5.57. The van der Waals surface area contributed by atoms with Crippen LogP contribution in [-0.4, -0.2) is 20.4 Å². The second-order valence-corrected chi connectivity index (χ2v) is 8.61. The van der Waals surface area contributed by atoms with Gasteiger partial charge in [-0.15, -0.1) is 4.72 Å². The predicted molar refractivity (Wildman–Crippen MR) is 84.3 cm³/mol. The van der Waals surface area contributed by atoms with Crippen molar-refractivity contribution in [1.82, 2.24) is 4.72 Å². The number of fused-ring (bicyclic) bond motifs is 1. The minimum atomic E-state index is -1.31. The second kappa shape index (κ2) is 5.99. The first-order valence-electron chi connectivity index (χ1n) is 7.24. The zero-order valence-corrected chi connectivity index (χ0v) is 13.6. The number of rotatable bonds is 4. The maximum absolute atomic E-state index is 12.5. The van der Waals surface area contributed by atoms with Gasteiger partial charge in [0.25, 0.3) is 0 Å². The van der Waals surface area contributed by atoms with Crippen molar-refractivity contribution in [3.05, 3.63) is 35.4 Å².